The SMILES string of the molecule is O=c1n(Cc2ccc(C3C=CON3)cn2)nc2c(-c3ccc(Cl)cc3)c(-c3ccncc3)ccn12. The third kappa shape index (κ3) is 3.99. The summed E-state index contributed by atoms with van der Waals surface area (Å²) >= 11 is 6.14. The first-order valence-corrected chi connectivity index (χ1v) is 11.4. The van der Waals surface area contributed by atoms with E-state index in [4.69, 9.17) is 21.5 Å². The molecule has 172 valence electrons. The number of fused-ring (bicyclic) bond motifs is 1. The van der Waals surface area contributed by atoms with Crippen molar-refractivity contribution in [3.8, 4) is 22.3 Å². The van der Waals surface area contributed by atoms with Crippen molar-refractivity contribution in [2.45, 2.75) is 12.6 Å². The van der Waals surface area contributed by atoms with Crippen LogP contribution in [0.2, 0.25) is 5.02 Å². The van der Waals surface area contributed by atoms with E-state index in [1.54, 1.807) is 35.5 Å². The van der Waals surface area contributed by atoms with E-state index in [0.29, 0.717) is 10.7 Å². The molecule has 0 saturated carbocycles. The lowest BCUT2D eigenvalue weighted by Gasteiger charge is -2.11. The fraction of sp³-hybridized carbons (Fsp3) is 0.0769. The molecule has 5 aromatic rings. The lowest BCUT2D eigenvalue weighted by molar-refractivity contribution is 0.142. The van der Waals surface area contributed by atoms with Crippen molar-refractivity contribution in [3.63, 3.8) is 0 Å². The number of nitrogens with zero attached hydrogens (tertiary/aromatic N) is 5. The average Bonchev–Trinajstić information content (AvgIpc) is 3.54. The van der Waals surface area contributed by atoms with Gasteiger partial charge in [0.15, 0.2) is 5.65 Å². The fourth-order valence-corrected chi connectivity index (χ4v) is 4.30. The number of benzene rings is 1. The summed E-state index contributed by atoms with van der Waals surface area (Å²) in [7, 11) is 0. The van der Waals surface area contributed by atoms with Crippen molar-refractivity contribution in [1.29, 1.82) is 0 Å². The summed E-state index contributed by atoms with van der Waals surface area (Å²) in [4.78, 5) is 27.0. The molecule has 6 rings (SSSR count). The highest BCUT2D eigenvalue weighted by atomic mass is 35.5. The largest absolute Gasteiger partial charge is 0.416 e. The number of pyridine rings is 3. The second-order valence-corrected chi connectivity index (χ2v) is 8.54. The van der Waals surface area contributed by atoms with Crippen LogP contribution in [0.15, 0.2) is 96.5 Å². The number of nitrogens with one attached hydrogen (secondary N) is 1. The molecule has 1 unspecified atom stereocenters. The van der Waals surface area contributed by atoms with Crippen LogP contribution in [0.3, 0.4) is 0 Å². The van der Waals surface area contributed by atoms with Gasteiger partial charge in [0.1, 0.15) is 6.26 Å². The molecule has 8 nitrogen and oxygen atoms in total. The molecule has 0 spiro atoms. The van der Waals surface area contributed by atoms with Gasteiger partial charge < -0.3 is 4.84 Å². The Kier molecular flexibility index (Phi) is 5.36. The molecule has 4 aromatic heterocycles. The zero-order chi connectivity index (χ0) is 23.8. The minimum absolute atomic E-state index is 0.0389. The van der Waals surface area contributed by atoms with E-state index < -0.39 is 0 Å². The van der Waals surface area contributed by atoms with E-state index in [1.165, 1.54) is 4.68 Å². The van der Waals surface area contributed by atoms with Crippen LogP contribution in [0.4, 0.5) is 0 Å². The normalized spacial score (nSPS) is 14.9. The first-order valence-electron chi connectivity index (χ1n) is 11.0. The van der Waals surface area contributed by atoms with Gasteiger partial charge in [0.2, 0.25) is 0 Å². The summed E-state index contributed by atoms with van der Waals surface area (Å²) in [6, 6.07) is 17.1. The molecule has 0 aliphatic carbocycles. The number of aromatic nitrogens is 5. The summed E-state index contributed by atoms with van der Waals surface area (Å²) in [5, 5.41) is 5.36. The van der Waals surface area contributed by atoms with E-state index in [9.17, 15) is 4.79 Å². The Morgan fingerprint density at radius 3 is 2.54 bits per heavy atom. The zero-order valence-corrected chi connectivity index (χ0v) is 19.1. The number of hydroxylamine groups is 1. The van der Waals surface area contributed by atoms with Crippen LogP contribution in [0.25, 0.3) is 27.9 Å². The lowest BCUT2D eigenvalue weighted by Crippen LogP contribution is -2.22. The van der Waals surface area contributed by atoms with Crippen LogP contribution in [0, 0.1) is 0 Å². The molecule has 0 radical (unpaired) electrons. The van der Waals surface area contributed by atoms with E-state index >= 15 is 0 Å². The highest BCUT2D eigenvalue weighted by Gasteiger charge is 2.18. The molecule has 1 atom stereocenters. The number of hydrogen-bond acceptors (Lipinski definition) is 6. The monoisotopic (exact) mass is 482 g/mol. The molecule has 0 saturated heterocycles. The van der Waals surface area contributed by atoms with Gasteiger partial charge in [0.05, 0.1) is 18.3 Å². The quantitative estimate of drug-likeness (QED) is 0.399. The molecule has 0 amide bonds. The van der Waals surface area contributed by atoms with Gasteiger partial charge >= 0.3 is 5.69 Å². The molecule has 0 bridgehead atoms. The topological polar surface area (TPSA) is 86.3 Å². The lowest BCUT2D eigenvalue weighted by atomic mass is 9.96. The Balaban J connectivity index is 1.45. The standard InChI is InChI=1S/C26H19ClN6O2/c27-20-4-1-18(2-5-20)24-22(17-7-11-28-12-8-17)9-13-32-25(24)30-33(26(32)34)16-21-6-3-19(15-29-21)23-10-14-35-31-23/h1-15,23,31H,16H2. The molecular weight excluding hydrogens is 464 g/mol. The Labute approximate surface area is 205 Å². The molecule has 1 aromatic carbocycles. The highest BCUT2D eigenvalue weighted by Crippen LogP contribution is 2.34. The molecule has 1 aliphatic heterocycles. The molecule has 35 heavy (non-hydrogen) atoms. The predicted octanol–water partition coefficient (Wildman–Crippen LogP) is 4.41. The van der Waals surface area contributed by atoms with Crippen molar-refractivity contribution >= 4 is 17.2 Å². The van der Waals surface area contributed by atoms with Crippen LogP contribution in [-0.4, -0.2) is 24.1 Å². The van der Waals surface area contributed by atoms with Crippen molar-refractivity contribution in [1.82, 2.24) is 29.6 Å². The minimum atomic E-state index is -0.240. The summed E-state index contributed by atoms with van der Waals surface area (Å²) < 4.78 is 3.00. The second-order valence-electron chi connectivity index (χ2n) is 8.11. The van der Waals surface area contributed by atoms with Crippen LogP contribution in [0.5, 0.6) is 0 Å². The maximum atomic E-state index is 13.3. The third-order valence-electron chi connectivity index (χ3n) is 5.93. The molecule has 0 fully saturated rings. The Morgan fingerprint density at radius 2 is 1.83 bits per heavy atom. The van der Waals surface area contributed by atoms with Gasteiger partial charge in [-0.05, 0) is 64.7 Å². The van der Waals surface area contributed by atoms with Crippen molar-refractivity contribution in [2.24, 2.45) is 0 Å². The first-order chi connectivity index (χ1) is 17.2. The zero-order valence-electron chi connectivity index (χ0n) is 18.4. The summed E-state index contributed by atoms with van der Waals surface area (Å²) in [5.74, 6) is 0. The number of halogens is 1. The average molecular weight is 483 g/mol. The van der Waals surface area contributed by atoms with Crippen LogP contribution in [-0.2, 0) is 11.4 Å². The van der Waals surface area contributed by atoms with E-state index in [1.807, 2.05) is 60.7 Å². The van der Waals surface area contributed by atoms with Crippen LogP contribution < -0.4 is 11.2 Å². The Bertz CT molecular complexity index is 1590. The van der Waals surface area contributed by atoms with Gasteiger partial charge in [-0.1, -0.05) is 29.8 Å². The number of hydrogen-bond donors (Lipinski definition) is 1. The minimum Gasteiger partial charge on any atom is -0.416 e. The van der Waals surface area contributed by atoms with Gasteiger partial charge in [-0.25, -0.2) is 13.9 Å². The van der Waals surface area contributed by atoms with E-state index in [2.05, 4.69) is 15.4 Å². The summed E-state index contributed by atoms with van der Waals surface area (Å²) in [6.07, 6.45) is 10.5. The summed E-state index contributed by atoms with van der Waals surface area (Å²) in [6.45, 7) is 0.246. The summed E-state index contributed by atoms with van der Waals surface area (Å²) in [5.41, 5.74) is 8.56. The van der Waals surface area contributed by atoms with Gasteiger partial charge in [-0.15, -0.1) is 10.6 Å². The van der Waals surface area contributed by atoms with E-state index in [0.717, 1.165) is 33.5 Å². The number of rotatable bonds is 5. The maximum absolute atomic E-state index is 13.3. The Morgan fingerprint density at radius 1 is 1.00 bits per heavy atom. The van der Waals surface area contributed by atoms with Crippen LogP contribution >= 0.6 is 11.6 Å². The second kappa shape index (κ2) is 8.83. The van der Waals surface area contributed by atoms with Gasteiger partial charge in [-0.3, -0.25) is 9.97 Å². The van der Waals surface area contributed by atoms with Crippen molar-refractivity contribution in [2.75, 3.05) is 0 Å². The van der Waals surface area contributed by atoms with Gasteiger partial charge in [0, 0.05) is 35.4 Å². The Hall–Kier alpha value is -4.27. The molecule has 9 heteroatoms. The van der Waals surface area contributed by atoms with Crippen molar-refractivity contribution < 1.29 is 4.84 Å². The molecule has 1 aliphatic rings. The van der Waals surface area contributed by atoms with Gasteiger partial charge in [-0.2, -0.15) is 0 Å². The smallest absolute Gasteiger partial charge is 0.350 e. The van der Waals surface area contributed by atoms with Crippen LogP contribution in [0.1, 0.15) is 17.3 Å². The molecule has 5 heterocycles. The van der Waals surface area contributed by atoms with E-state index in [-0.39, 0.29) is 18.3 Å². The molecular formula is C26H19ClN6O2. The first kappa shape index (κ1) is 21.3. The third-order valence-corrected chi connectivity index (χ3v) is 6.18. The molecule has 1 N–H and O–H groups in total. The predicted molar refractivity (Wildman–Crippen MR) is 133 cm³/mol. The fourth-order valence-electron chi connectivity index (χ4n) is 4.17. The highest BCUT2D eigenvalue weighted by molar-refractivity contribution is 6.30. The van der Waals surface area contributed by atoms with Gasteiger partial charge in [0.25, 0.3) is 0 Å². The maximum Gasteiger partial charge on any atom is 0.350 e. The van der Waals surface area contributed by atoms with Crippen molar-refractivity contribution in [3.05, 3.63) is 118 Å².